The maximum Gasteiger partial charge on any atom is 0.493 e. The number of phenolic OH excluding ortho intramolecular Hbond substituents is 1. The Bertz CT molecular complexity index is 305. The summed E-state index contributed by atoms with van der Waals surface area (Å²) in [7, 11) is -2.02. The van der Waals surface area contributed by atoms with Gasteiger partial charge in [0.15, 0.2) is 0 Å². The van der Waals surface area contributed by atoms with Crippen molar-refractivity contribution in [2.75, 3.05) is 0 Å². The molecular weight excluding hydrogens is 185 g/mol. The Balaban J connectivity index is 3.33. The molecule has 0 amide bonds. The summed E-state index contributed by atoms with van der Waals surface area (Å²) in [6.45, 7) is 0. The first-order valence-electron chi connectivity index (χ1n) is 3.07. The molecule has 0 bridgehead atoms. The topological polar surface area (TPSA) is 60.7 Å². The van der Waals surface area contributed by atoms with Gasteiger partial charge in [-0.3, -0.25) is 0 Å². The molecule has 12 heavy (non-hydrogen) atoms. The molecule has 3 nitrogen and oxygen atoms in total. The molecule has 0 spiro atoms. The molecule has 0 saturated carbocycles. The maximum absolute atomic E-state index is 12.8. The molecule has 0 aliphatic carbocycles. The van der Waals surface area contributed by atoms with Crippen LogP contribution in [0.3, 0.4) is 0 Å². The van der Waals surface area contributed by atoms with Gasteiger partial charge in [0.25, 0.3) is 0 Å². The van der Waals surface area contributed by atoms with Crippen LogP contribution in [0.2, 0.25) is 5.02 Å². The van der Waals surface area contributed by atoms with E-state index in [0.29, 0.717) is 0 Å². The fourth-order valence-electron chi connectivity index (χ4n) is 0.795. The average Bonchev–Trinajstić information content (AvgIpc) is 1.97. The number of benzene rings is 1. The number of rotatable bonds is 1. The summed E-state index contributed by atoms with van der Waals surface area (Å²) in [6.07, 6.45) is 0. The molecule has 64 valence electrons. The molecule has 1 aromatic carbocycles. The first-order chi connectivity index (χ1) is 5.54. The van der Waals surface area contributed by atoms with Crippen LogP contribution in [-0.4, -0.2) is 22.3 Å². The van der Waals surface area contributed by atoms with Gasteiger partial charge in [0.05, 0.1) is 5.02 Å². The molecule has 0 aliphatic heterocycles. The van der Waals surface area contributed by atoms with Gasteiger partial charge in [0.2, 0.25) is 0 Å². The van der Waals surface area contributed by atoms with E-state index in [-0.39, 0.29) is 10.8 Å². The van der Waals surface area contributed by atoms with Gasteiger partial charge in [-0.25, -0.2) is 4.39 Å². The standard InChI is InChI=1S/C6H5BClFO3/c8-6-4(10)2-1-3(9)5(6)7(11)12/h1-2,10-12H. The third kappa shape index (κ3) is 1.53. The van der Waals surface area contributed by atoms with E-state index in [9.17, 15) is 4.39 Å². The number of hydrogen-bond donors (Lipinski definition) is 3. The first-order valence-corrected chi connectivity index (χ1v) is 3.45. The lowest BCUT2D eigenvalue weighted by molar-refractivity contribution is 0.421. The van der Waals surface area contributed by atoms with Crippen molar-refractivity contribution >= 4 is 24.2 Å². The van der Waals surface area contributed by atoms with Crippen LogP contribution in [0.1, 0.15) is 0 Å². The van der Waals surface area contributed by atoms with Gasteiger partial charge in [0.1, 0.15) is 11.6 Å². The van der Waals surface area contributed by atoms with E-state index in [4.69, 9.17) is 26.8 Å². The van der Waals surface area contributed by atoms with Crippen molar-refractivity contribution in [3.8, 4) is 5.75 Å². The van der Waals surface area contributed by atoms with Gasteiger partial charge in [0, 0.05) is 5.46 Å². The monoisotopic (exact) mass is 190 g/mol. The Hall–Kier alpha value is -0.775. The summed E-state index contributed by atoms with van der Waals surface area (Å²) < 4.78 is 12.8. The van der Waals surface area contributed by atoms with Crippen LogP contribution in [0.4, 0.5) is 4.39 Å². The minimum Gasteiger partial charge on any atom is -0.506 e. The lowest BCUT2D eigenvalue weighted by Crippen LogP contribution is -2.33. The van der Waals surface area contributed by atoms with E-state index in [1.54, 1.807) is 0 Å². The van der Waals surface area contributed by atoms with Crippen molar-refractivity contribution in [1.82, 2.24) is 0 Å². The highest BCUT2D eigenvalue weighted by molar-refractivity contribution is 6.63. The van der Waals surface area contributed by atoms with Gasteiger partial charge in [-0.1, -0.05) is 11.6 Å². The molecule has 0 saturated heterocycles. The van der Waals surface area contributed by atoms with Crippen molar-refractivity contribution in [2.24, 2.45) is 0 Å². The smallest absolute Gasteiger partial charge is 0.493 e. The minimum atomic E-state index is -2.02. The Morgan fingerprint density at radius 2 is 1.92 bits per heavy atom. The average molecular weight is 190 g/mol. The molecule has 0 aromatic heterocycles. The highest BCUT2D eigenvalue weighted by Crippen LogP contribution is 2.21. The molecule has 1 aromatic rings. The van der Waals surface area contributed by atoms with Gasteiger partial charge in [-0.05, 0) is 12.1 Å². The van der Waals surface area contributed by atoms with Crippen molar-refractivity contribution in [3.05, 3.63) is 23.0 Å². The third-order valence-corrected chi connectivity index (χ3v) is 1.76. The van der Waals surface area contributed by atoms with Crippen LogP contribution >= 0.6 is 11.6 Å². The Kier molecular flexibility index (Phi) is 2.57. The zero-order valence-corrected chi connectivity index (χ0v) is 6.59. The van der Waals surface area contributed by atoms with Crippen molar-refractivity contribution in [2.45, 2.75) is 0 Å². The van der Waals surface area contributed by atoms with Gasteiger partial charge in [-0.15, -0.1) is 0 Å². The van der Waals surface area contributed by atoms with E-state index in [1.165, 1.54) is 0 Å². The van der Waals surface area contributed by atoms with Crippen molar-refractivity contribution in [3.63, 3.8) is 0 Å². The Morgan fingerprint density at radius 3 is 2.33 bits per heavy atom. The fourth-order valence-corrected chi connectivity index (χ4v) is 1.05. The van der Waals surface area contributed by atoms with Crippen LogP contribution in [0.5, 0.6) is 5.75 Å². The number of hydrogen-bond acceptors (Lipinski definition) is 3. The molecule has 6 heteroatoms. The van der Waals surface area contributed by atoms with Gasteiger partial charge >= 0.3 is 7.12 Å². The zero-order chi connectivity index (χ0) is 9.30. The quantitative estimate of drug-likeness (QED) is 0.540. The van der Waals surface area contributed by atoms with E-state index in [0.717, 1.165) is 12.1 Å². The molecule has 0 heterocycles. The predicted octanol–water partition coefficient (Wildman–Crippen LogP) is -0.135. The van der Waals surface area contributed by atoms with E-state index < -0.39 is 18.4 Å². The van der Waals surface area contributed by atoms with Crippen molar-refractivity contribution in [1.29, 1.82) is 0 Å². The molecule has 0 fully saturated rings. The first kappa shape index (κ1) is 9.31. The Morgan fingerprint density at radius 1 is 1.33 bits per heavy atom. The Labute approximate surface area is 73.2 Å². The fraction of sp³-hybridized carbons (Fsp3) is 0. The molecule has 0 unspecified atom stereocenters. The van der Waals surface area contributed by atoms with Crippen LogP contribution in [0.15, 0.2) is 12.1 Å². The SMILES string of the molecule is OB(O)c1c(F)ccc(O)c1Cl. The second-order valence-electron chi connectivity index (χ2n) is 2.17. The maximum atomic E-state index is 12.8. The van der Waals surface area contributed by atoms with Crippen LogP contribution in [0, 0.1) is 5.82 Å². The second kappa shape index (κ2) is 3.31. The van der Waals surface area contributed by atoms with Crippen LogP contribution in [0.25, 0.3) is 0 Å². The normalized spacial score (nSPS) is 10.0. The summed E-state index contributed by atoms with van der Waals surface area (Å²) in [5.74, 6) is -1.26. The summed E-state index contributed by atoms with van der Waals surface area (Å²) >= 11 is 5.38. The third-order valence-electron chi connectivity index (χ3n) is 1.36. The highest BCUT2D eigenvalue weighted by atomic mass is 35.5. The largest absolute Gasteiger partial charge is 0.506 e. The predicted molar refractivity (Wildman–Crippen MR) is 42.9 cm³/mol. The second-order valence-corrected chi connectivity index (χ2v) is 2.55. The number of halogens is 2. The number of phenols is 1. The highest BCUT2D eigenvalue weighted by Gasteiger charge is 2.22. The molecule has 1 rings (SSSR count). The molecule has 0 aliphatic rings. The van der Waals surface area contributed by atoms with E-state index in [1.807, 2.05) is 0 Å². The molecular formula is C6H5BClFO3. The zero-order valence-electron chi connectivity index (χ0n) is 5.83. The van der Waals surface area contributed by atoms with Gasteiger partial charge < -0.3 is 15.2 Å². The number of aromatic hydroxyl groups is 1. The lowest BCUT2D eigenvalue weighted by atomic mass is 9.79. The van der Waals surface area contributed by atoms with Crippen LogP contribution in [-0.2, 0) is 0 Å². The van der Waals surface area contributed by atoms with E-state index in [2.05, 4.69) is 0 Å². The summed E-state index contributed by atoms with van der Waals surface area (Å²) in [6, 6.07) is 1.93. The molecule has 0 radical (unpaired) electrons. The summed E-state index contributed by atoms with van der Waals surface area (Å²) in [5.41, 5.74) is -0.517. The molecule has 0 atom stereocenters. The van der Waals surface area contributed by atoms with E-state index >= 15 is 0 Å². The minimum absolute atomic E-state index is 0.384. The van der Waals surface area contributed by atoms with Gasteiger partial charge in [-0.2, -0.15) is 0 Å². The lowest BCUT2D eigenvalue weighted by Gasteiger charge is -2.05. The molecule has 3 N–H and O–H groups in total. The van der Waals surface area contributed by atoms with Crippen LogP contribution < -0.4 is 5.46 Å². The summed E-state index contributed by atoms with van der Waals surface area (Å²) in [5, 5.41) is 25.8. The van der Waals surface area contributed by atoms with Crippen molar-refractivity contribution < 1.29 is 19.5 Å². The summed E-state index contributed by atoms with van der Waals surface area (Å²) in [4.78, 5) is 0.